The topological polar surface area (TPSA) is 57.8 Å². The second-order valence-corrected chi connectivity index (χ2v) is 4.18. The van der Waals surface area contributed by atoms with E-state index in [2.05, 4.69) is 15.5 Å². The van der Waals surface area contributed by atoms with E-state index in [0.29, 0.717) is 12.2 Å². The number of aromatic nitrogens is 2. The average molecular weight is 243 g/mol. The van der Waals surface area contributed by atoms with Gasteiger partial charge in [0.25, 0.3) is 0 Å². The van der Waals surface area contributed by atoms with Crippen molar-refractivity contribution in [3.05, 3.63) is 29.8 Å². The minimum absolute atomic E-state index is 0.00318. The van der Waals surface area contributed by atoms with Crippen molar-refractivity contribution in [3.63, 3.8) is 0 Å². The minimum Gasteiger partial charge on any atom is -0.309 e. The number of carbonyl (C=O) groups is 1. The van der Waals surface area contributed by atoms with E-state index in [4.69, 9.17) is 0 Å². The first-order chi connectivity index (χ1) is 8.74. The number of fused-ring (bicyclic) bond motifs is 1. The molecule has 2 N–H and O–H groups in total. The molecule has 4 heteroatoms. The van der Waals surface area contributed by atoms with E-state index in [9.17, 15) is 4.79 Å². The number of hydrogen-bond donors (Lipinski definition) is 2. The van der Waals surface area contributed by atoms with Gasteiger partial charge in [0.05, 0.1) is 5.52 Å². The summed E-state index contributed by atoms with van der Waals surface area (Å²) in [4.78, 5) is 11.5. The predicted molar refractivity (Wildman–Crippen MR) is 74.3 cm³/mol. The Labute approximate surface area is 106 Å². The van der Waals surface area contributed by atoms with E-state index < -0.39 is 0 Å². The number of carbonyl (C=O) groups excluding carboxylic acids is 1. The van der Waals surface area contributed by atoms with Gasteiger partial charge < -0.3 is 5.32 Å². The van der Waals surface area contributed by atoms with Gasteiger partial charge in [0.15, 0.2) is 5.82 Å². The molecule has 4 nitrogen and oxygen atoms in total. The molecule has 2 aromatic rings. The Hall–Kier alpha value is -2.10. The smallest absolute Gasteiger partial charge is 0.225 e. The van der Waals surface area contributed by atoms with Crippen LogP contribution in [-0.4, -0.2) is 16.1 Å². The summed E-state index contributed by atoms with van der Waals surface area (Å²) < 4.78 is 0. The molecule has 0 unspecified atom stereocenters. The van der Waals surface area contributed by atoms with Gasteiger partial charge in [-0.25, -0.2) is 0 Å². The lowest BCUT2D eigenvalue weighted by Gasteiger charge is -2.00. The lowest BCUT2D eigenvalue weighted by atomic mass is 10.1. The highest BCUT2D eigenvalue weighted by Gasteiger charge is 2.08. The van der Waals surface area contributed by atoms with Crippen LogP contribution in [0.3, 0.4) is 0 Å². The fourth-order valence-corrected chi connectivity index (χ4v) is 1.85. The molecule has 1 heterocycles. The van der Waals surface area contributed by atoms with Gasteiger partial charge in [-0.15, -0.1) is 0 Å². The Bertz CT molecular complexity index is 584. The Balaban J connectivity index is 2.28. The standard InChI is InChI=1S/C14H17N3O/c1-3-5-10-7-8-11-12(9-10)16-17-14(11)15-13(18)6-4-2/h3,5,7-9H,4,6H2,1-2H3,(H2,15,16,17,18)/b5-3-. The van der Waals surface area contributed by atoms with Crippen LogP contribution >= 0.6 is 0 Å². The van der Waals surface area contributed by atoms with Crippen LogP contribution in [-0.2, 0) is 4.79 Å². The van der Waals surface area contributed by atoms with Crippen LogP contribution < -0.4 is 5.32 Å². The summed E-state index contributed by atoms with van der Waals surface area (Å²) in [5.41, 5.74) is 2.04. The molecule has 0 fully saturated rings. The monoisotopic (exact) mass is 243 g/mol. The predicted octanol–water partition coefficient (Wildman–Crippen LogP) is 3.33. The average Bonchev–Trinajstić information content (AvgIpc) is 2.73. The summed E-state index contributed by atoms with van der Waals surface area (Å²) in [5.74, 6) is 0.610. The second kappa shape index (κ2) is 5.49. The highest BCUT2D eigenvalue weighted by atomic mass is 16.1. The summed E-state index contributed by atoms with van der Waals surface area (Å²) >= 11 is 0. The summed E-state index contributed by atoms with van der Waals surface area (Å²) in [7, 11) is 0. The normalized spacial score (nSPS) is 11.2. The minimum atomic E-state index is 0.00318. The number of allylic oxidation sites excluding steroid dienone is 1. The van der Waals surface area contributed by atoms with Gasteiger partial charge in [-0.3, -0.25) is 9.89 Å². The maximum Gasteiger partial charge on any atom is 0.225 e. The highest BCUT2D eigenvalue weighted by molar-refractivity contribution is 5.99. The maximum atomic E-state index is 11.5. The van der Waals surface area contributed by atoms with Crippen molar-refractivity contribution in [1.29, 1.82) is 0 Å². The van der Waals surface area contributed by atoms with Crippen molar-refractivity contribution in [2.45, 2.75) is 26.7 Å². The number of benzene rings is 1. The van der Waals surface area contributed by atoms with Gasteiger partial charge in [0.2, 0.25) is 5.91 Å². The van der Waals surface area contributed by atoms with Crippen LogP contribution in [0.5, 0.6) is 0 Å². The zero-order valence-corrected chi connectivity index (χ0v) is 10.7. The summed E-state index contributed by atoms with van der Waals surface area (Å²) in [6.45, 7) is 3.96. The van der Waals surface area contributed by atoms with Crippen LogP contribution in [0.4, 0.5) is 5.82 Å². The molecular weight excluding hydrogens is 226 g/mol. The molecule has 0 aliphatic rings. The SMILES string of the molecule is C/C=C\c1ccc2c(NC(=O)CCC)n[nH]c2c1. The Kier molecular flexibility index (Phi) is 3.77. The molecule has 1 aromatic heterocycles. The van der Waals surface area contributed by atoms with Crippen LogP contribution in [0, 0.1) is 0 Å². The summed E-state index contributed by atoms with van der Waals surface area (Å²) in [5, 5.41) is 10.8. The van der Waals surface area contributed by atoms with Crippen LogP contribution in [0.25, 0.3) is 17.0 Å². The van der Waals surface area contributed by atoms with Crippen molar-refractivity contribution >= 4 is 28.7 Å². The van der Waals surface area contributed by atoms with Crippen LogP contribution in [0.15, 0.2) is 24.3 Å². The molecule has 0 aliphatic carbocycles. The number of rotatable bonds is 4. The number of H-pyrrole nitrogens is 1. The number of aromatic amines is 1. The molecule has 18 heavy (non-hydrogen) atoms. The molecule has 0 bridgehead atoms. The molecule has 1 amide bonds. The highest BCUT2D eigenvalue weighted by Crippen LogP contribution is 2.22. The zero-order chi connectivity index (χ0) is 13.0. The number of amides is 1. The van der Waals surface area contributed by atoms with E-state index >= 15 is 0 Å². The molecule has 0 atom stereocenters. The molecular formula is C14H17N3O. The van der Waals surface area contributed by atoms with Gasteiger partial charge in [-0.2, -0.15) is 5.10 Å². The Morgan fingerprint density at radius 3 is 3.06 bits per heavy atom. The van der Waals surface area contributed by atoms with Crippen LogP contribution in [0.2, 0.25) is 0 Å². The van der Waals surface area contributed by atoms with Crippen molar-refractivity contribution in [3.8, 4) is 0 Å². The van der Waals surface area contributed by atoms with Crippen molar-refractivity contribution in [1.82, 2.24) is 10.2 Å². The van der Waals surface area contributed by atoms with Crippen molar-refractivity contribution in [2.75, 3.05) is 5.32 Å². The summed E-state index contributed by atoms with van der Waals surface area (Å²) in [6, 6.07) is 5.99. The van der Waals surface area contributed by atoms with E-state index in [1.54, 1.807) is 0 Å². The first-order valence-electron chi connectivity index (χ1n) is 6.15. The Morgan fingerprint density at radius 1 is 1.50 bits per heavy atom. The lowest BCUT2D eigenvalue weighted by Crippen LogP contribution is -2.10. The van der Waals surface area contributed by atoms with E-state index in [-0.39, 0.29) is 5.91 Å². The molecule has 0 saturated heterocycles. The fourth-order valence-electron chi connectivity index (χ4n) is 1.85. The van der Waals surface area contributed by atoms with Gasteiger partial charge in [0, 0.05) is 11.8 Å². The molecule has 94 valence electrons. The van der Waals surface area contributed by atoms with Gasteiger partial charge in [0.1, 0.15) is 0 Å². The molecule has 2 rings (SSSR count). The molecule has 1 aromatic carbocycles. The summed E-state index contributed by atoms with van der Waals surface area (Å²) in [6.07, 6.45) is 5.36. The third kappa shape index (κ3) is 2.59. The van der Waals surface area contributed by atoms with E-state index in [0.717, 1.165) is 22.9 Å². The Morgan fingerprint density at radius 2 is 2.33 bits per heavy atom. The van der Waals surface area contributed by atoms with Gasteiger partial charge in [-0.1, -0.05) is 25.1 Å². The van der Waals surface area contributed by atoms with Crippen molar-refractivity contribution in [2.24, 2.45) is 0 Å². The first-order valence-corrected chi connectivity index (χ1v) is 6.15. The second-order valence-electron chi connectivity index (χ2n) is 4.18. The third-order valence-electron chi connectivity index (χ3n) is 2.68. The number of anilines is 1. The van der Waals surface area contributed by atoms with Crippen molar-refractivity contribution < 1.29 is 4.79 Å². The molecule has 0 spiro atoms. The fraction of sp³-hybridized carbons (Fsp3) is 0.286. The molecule has 0 radical (unpaired) electrons. The maximum absolute atomic E-state index is 11.5. The van der Waals surface area contributed by atoms with E-state index in [1.807, 2.05) is 44.2 Å². The number of nitrogens with zero attached hydrogens (tertiary/aromatic N) is 1. The number of nitrogens with one attached hydrogen (secondary N) is 2. The largest absolute Gasteiger partial charge is 0.309 e. The quantitative estimate of drug-likeness (QED) is 0.865. The van der Waals surface area contributed by atoms with E-state index in [1.165, 1.54) is 0 Å². The number of hydrogen-bond acceptors (Lipinski definition) is 2. The molecule has 0 saturated carbocycles. The van der Waals surface area contributed by atoms with Gasteiger partial charge in [-0.05, 0) is 31.0 Å². The molecule has 0 aliphatic heterocycles. The lowest BCUT2D eigenvalue weighted by molar-refractivity contribution is -0.116. The van der Waals surface area contributed by atoms with Crippen LogP contribution in [0.1, 0.15) is 32.3 Å². The first kappa shape index (κ1) is 12.4. The zero-order valence-electron chi connectivity index (χ0n) is 10.7. The van der Waals surface area contributed by atoms with Gasteiger partial charge >= 0.3 is 0 Å². The third-order valence-corrected chi connectivity index (χ3v) is 2.68.